The van der Waals surface area contributed by atoms with E-state index in [2.05, 4.69) is 5.10 Å². The number of carbonyl (C=O) groups is 2. The van der Waals surface area contributed by atoms with E-state index < -0.39 is 5.60 Å². The minimum Gasteiger partial charge on any atom is -0.444 e. The molecule has 2 fully saturated rings. The molecule has 0 spiro atoms. The molecule has 0 radical (unpaired) electrons. The molecule has 2 bridgehead atoms. The van der Waals surface area contributed by atoms with Crippen molar-refractivity contribution < 1.29 is 14.3 Å². The highest BCUT2D eigenvalue weighted by Crippen LogP contribution is 2.34. The maximum Gasteiger partial charge on any atom is 0.410 e. The van der Waals surface area contributed by atoms with Gasteiger partial charge in [-0.05, 0) is 51.5 Å². The van der Waals surface area contributed by atoms with Crippen LogP contribution < -0.4 is 0 Å². The molecule has 0 N–H and O–H groups in total. The number of thiazole rings is 1. The van der Waals surface area contributed by atoms with Gasteiger partial charge in [0.25, 0.3) is 5.91 Å². The Morgan fingerprint density at radius 1 is 1.03 bits per heavy atom. The summed E-state index contributed by atoms with van der Waals surface area (Å²) in [4.78, 5) is 34.2. The molecule has 2 unspecified atom stereocenters. The van der Waals surface area contributed by atoms with Gasteiger partial charge in [-0.1, -0.05) is 18.2 Å². The zero-order valence-corrected chi connectivity index (χ0v) is 21.2. The molecule has 6 rings (SSSR count). The summed E-state index contributed by atoms with van der Waals surface area (Å²) in [6.45, 7) is 6.66. The van der Waals surface area contributed by atoms with Crippen molar-refractivity contribution in [3.05, 3.63) is 65.8 Å². The number of fused-ring (bicyclic) bond motifs is 3. The normalized spacial score (nSPS) is 19.3. The summed E-state index contributed by atoms with van der Waals surface area (Å²) in [7, 11) is 0. The van der Waals surface area contributed by atoms with Crippen LogP contribution in [0.1, 0.15) is 37.6 Å². The monoisotopic (exact) mass is 501 g/mol. The van der Waals surface area contributed by atoms with E-state index in [-0.39, 0.29) is 24.1 Å². The van der Waals surface area contributed by atoms with E-state index >= 15 is 0 Å². The van der Waals surface area contributed by atoms with Crippen LogP contribution in [0.5, 0.6) is 0 Å². The summed E-state index contributed by atoms with van der Waals surface area (Å²) in [5.41, 5.74) is 3.98. The van der Waals surface area contributed by atoms with Crippen LogP contribution in [-0.4, -0.2) is 67.2 Å². The van der Waals surface area contributed by atoms with Crippen LogP contribution in [0.15, 0.2) is 60.2 Å². The Balaban J connectivity index is 1.14. The lowest BCUT2D eigenvalue weighted by Crippen LogP contribution is -2.51. The molecule has 2 aliphatic rings. The highest BCUT2D eigenvalue weighted by molar-refractivity contribution is 7.13. The number of nitrogens with zero attached hydrogens (tertiary/aromatic N) is 5. The molecule has 9 heteroatoms. The Kier molecular flexibility index (Phi) is 5.33. The van der Waals surface area contributed by atoms with Gasteiger partial charge in [-0.25, -0.2) is 14.3 Å². The van der Waals surface area contributed by atoms with Crippen molar-refractivity contribution in [3.63, 3.8) is 0 Å². The van der Waals surface area contributed by atoms with Gasteiger partial charge in [0.2, 0.25) is 0 Å². The molecule has 3 aromatic heterocycles. The van der Waals surface area contributed by atoms with Crippen LogP contribution in [0.25, 0.3) is 27.3 Å². The SMILES string of the molecule is CC(C)(C)OC(=O)N1CC2CC1CN2C(=O)c1ccc(-c2csc(-c3cnn4ccccc34)n2)cc1. The lowest BCUT2D eigenvalue weighted by molar-refractivity contribution is 0.0126. The second-order valence-electron chi connectivity index (χ2n) is 10.3. The second kappa shape index (κ2) is 8.44. The summed E-state index contributed by atoms with van der Waals surface area (Å²) >= 11 is 1.58. The zero-order valence-electron chi connectivity index (χ0n) is 20.4. The minimum atomic E-state index is -0.527. The predicted octanol–water partition coefficient (Wildman–Crippen LogP) is 4.96. The first-order valence-corrected chi connectivity index (χ1v) is 12.9. The topological polar surface area (TPSA) is 80.0 Å². The number of likely N-dealkylation sites (tertiary alicyclic amines) is 2. The first-order chi connectivity index (χ1) is 17.3. The van der Waals surface area contributed by atoms with Gasteiger partial charge < -0.3 is 14.5 Å². The lowest BCUT2D eigenvalue weighted by Gasteiger charge is -2.35. The molecular weight excluding hydrogens is 474 g/mol. The minimum absolute atomic E-state index is 0.00297. The number of piperazine rings is 1. The number of carbonyl (C=O) groups excluding carboxylic acids is 2. The van der Waals surface area contributed by atoms with Gasteiger partial charge in [-0.15, -0.1) is 11.3 Å². The Morgan fingerprint density at radius 2 is 1.78 bits per heavy atom. The van der Waals surface area contributed by atoms with Crippen molar-refractivity contribution in [2.24, 2.45) is 0 Å². The van der Waals surface area contributed by atoms with Crippen molar-refractivity contribution in [2.75, 3.05) is 13.1 Å². The molecule has 4 aromatic rings. The van der Waals surface area contributed by atoms with Crippen LogP contribution >= 0.6 is 11.3 Å². The van der Waals surface area contributed by atoms with E-state index in [1.54, 1.807) is 16.2 Å². The Hall–Kier alpha value is -3.72. The molecule has 36 heavy (non-hydrogen) atoms. The number of benzene rings is 1. The van der Waals surface area contributed by atoms with E-state index in [0.29, 0.717) is 18.7 Å². The Labute approximate surface area is 213 Å². The molecule has 0 saturated carbocycles. The number of hydrogen-bond donors (Lipinski definition) is 0. The van der Waals surface area contributed by atoms with Crippen molar-refractivity contribution in [1.29, 1.82) is 0 Å². The number of pyridine rings is 1. The summed E-state index contributed by atoms with van der Waals surface area (Å²) < 4.78 is 7.37. The van der Waals surface area contributed by atoms with Crippen LogP contribution in [0, 0.1) is 0 Å². The molecule has 1 aromatic carbocycles. The molecule has 2 aliphatic heterocycles. The van der Waals surface area contributed by atoms with Crippen LogP contribution in [0.4, 0.5) is 4.79 Å². The van der Waals surface area contributed by atoms with Crippen molar-refractivity contribution in [2.45, 2.75) is 44.9 Å². The molecule has 2 saturated heterocycles. The standard InChI is InChI=1S/C27H27N5O3S/c1-27(2,3)35-26(34)31-15-19-12-20(31)14-30(19)25(33)18-9-7-17(8-10-18)22-16-36-24(29-22)21-13-28-32-11-5-4-6-23(21)32/h4-11,13,16,19-20H,12,14-15H2,1-3H3. The van der Waals surface area contributed by atoms with E-state index in [4.69, 9.17) is 9.72 Å². The number of hydrogen-bond acceptors (Lipinski definition) is 6. The highest BCUT2D eigenvalue weighted by atomic mass is 32.1. The fraction of sp³-hybridized carbons (Fsp3) is 0.333. The predicted molar refractivity (Wildman–Crippen MR) is 138 cm³/mol. The average molecular weight is 502 g/mol. The molecule has 0 aliphatic carbocycles. The third-order valence-corrected chi connectivity index (χ3v) is 7.59. The van der Waals surface area contributed by atoms with Gasteiger partial charge in [0.15, 0.2) is 0 Å². The number of aromatic nitrogens is 3. The highest BCUT2D eigenvalue weighted by Gasteiger charge is 2.48. The van der Waals surface area contributed by atoms with E-state index in [1.807, 2.05) is 90.4 Å². The number of rotatable bonds is 3. The second-order valence-corrected chi connectivity index (χ2v) is 11.2. The van der Waals surface area contributed by atoms with Crippen LogP contribution in [-0.2, 0) is 4.74 Å². The molecule has 2 amide bonds. The maximum atomic E-state index is 13.2. The zero-order chi connectivity index (χ0) is 25.0. The smallest absolute Gasteiger partial charge is 0.410 e. The molecule has 184 valence electrons. The average Bonchev–Trinajstić information content (AvgIpc) is 3.65. The van der Waals surface area contributed by atoms with Gasteiger partial charge in [-0.3, -0.25) is 4.79 Å². The van der Waals surface area contributed by atoms with Crippen molar-refractivity contribution >= 4 is 28.9 Å². The van der Waals surface area contributed by atoms with Gasteiger partial charge in [0.05, 0.1) is 35.1 Å². The first kappa shape index (κ1) is 22.7. The van der Waals surface area contributed by atoms with Gasteiger partial charge in [0, 0.05) is 35.8 Å². The molecule has 8 nitrogen and oxygen atoms in total. The van der Waals surface area contributed by atoms with Crippen LogP contribution in [0.3, 0.4) is 0 Å². The van der Waals surface area contributed by atoms with E-state index in [9.17, 15) is 9.59 Å². The van der Waals surface area contributed by atoms with Gasteiger partial charge in [-0.2, -0.15) is 5.10 Å². The molecule has 2 atom stereocenters. The summed E-state index contributed by atoms with van der Waals surface area (Å²) in [5.74, 6) is 0.00297. The fourth-order valence-electron chi connectivity index (χ4n) is 5.04. The number of ether oxygens (including phenoxy) is 1. The largest absolute Gasteiger partial charge is 0.444 e. The third kappa shape index (κ3) is 4.03. The van der Waals surface area contributed by atoms with Gasteiger partial charge in [0.1, 0.15) is 10.6 Å². The van der Waals surface area contributed by atoms with Gasteiger partial charge >= 0.3 is 6.09 Å². The Bertz CT molecular complexity index is 1450. The molecule has 5 heterocycles. The lowest BCUT2D eigenvalue weighted by atomic mass is 10.1. The molecular formula is C27H27N5O3S. The fourth-order valence-corrected chi connectivity index (χ4v) is 5.89. The summed E-state index contributed by atoms with van der Waals surface area (Å²) in [6, 6.07) is 13.6. The van der Waals surface area contributed by atoms with E-state index in [0.717, 1.165) is 33.8 Å². The third-order valence-electron chi connectivity index (χ3n) is 6.72. The Morgan fingerprint density at radius 3 is 2.50 bits per heavy atom. The first-order valence-electron chi connectivity index (χ1n) is 12.1. The van der Waals surface area contributed by atoms with E-state index in [1.165, 1.54) is 0 Å². The van der Waals surface area contributed by atoms with Crippen molar-refractivity contribution in [3.8, 4) is 21.8 Å². The maximum absolute atomic E-state index is 13.2. The van der Waals surface area contributed by atoms with Crippen molar-refractivity contribution in [1.82, 2.24) is 24.4 Å². The number of amides is 2. The van der Waals surface area contributed by atoms with Crippen LogP contribution in [0.2, 0.25) is 0 Å². The summed E-state index contributed by atoms with van der Waals surface area (Å²) in [5, 5.41) is 7.35. The summed E-state index contributed by atoms with van der Waals surface area (Å²) in [6.07, 6.45) is 4.27. The quantitative estimate of drug-likeness (QED) is 0.397.